The van der Waals surface area contributed by atoms with Gasteiger partial charge in [0.2, 0.25) is 10.0 Å². The number of carbonyl (C=O) groups excluding carboxylic acids is 1. The molecule has 132 valence electrons. The SMILES string of the molecule is COC(=O)c1cc(Cl)c(C)c(S(=O)(=O)N2CCCC(C(=O)O)C2)c1. The Bertz CT molecular complexity index is 776. The number of methoxy groups -OCH3 is 1. The van der Waals surface area contributed by atoms with Crippen molar-refractivity contribution in [1.82, 2.24) is 4.31 Å². The number of rotatable bonds is 4. The van der Waals surface area contributed by atoms with Crippen molar-refractivity contribution in [1.29, 1.82) is 0 Å². The van der Waals surface area contributed by atoms with Crippen LogP contribution in [-0.2, 0) is 19.6 Å². The number of hydrogen-bond donors (Lipinski definition) is 1. The third-order valence-electron chi connectivity index (χ3n) is 4.07. The number of esters is 1. The maximum atomic E-state index is 12.9. The molecule has 0 aliphatic carbocycles. The lowest BCUT2D eigenvalue weighted by atomic mass is 10.0. The van der Waals surface area contributed by atoms with Gasteiger partial charge in [-0.3, -0.25) is 4.79 Å². The first-order valence-corrected chi connectivity index (χ1v) is 9.11. The standard InChI is InChI=1S/C15H18ClNO6S/c1-9-12(16)6-11(15(20)23-2)7-13(9)24(21,22)17-5-3-4-10(8-17)14(18)19/h6-7,10H,3-5,8H2,1-2H3,(H,18,19). The van der Waals surface area contributed by atoms with Gasteiger partial charge in [-0.1, -0.05) is 11.6 Å². The second-order valence-electron chi connectivity index (χ2n) is 5.61. The first-order chi connectivity index (χ1) is 11.2. The molecule has 1 N–H and O–H groups in total. The van der Waals surface area contributed by atoms with Gasteiger partial charge in [0.05, 0.1) is 23.5 Å². The van der Waals surface area contributed by atoms with Crippen LogP contribution in [-0.4, -0.2) is 50.0 Å². The summed E-state index contributed by atoms with van der Waals surface area (Å²) < 4.78 is 31.6. The van der Waals surface area contributed by atoms with Crippen LogP contribution >= 0.6 is 11.6 Å². The summed E-state index contributed by atoms with van der Waals surface area (Å²) in [5.74, 6) is -2.46. The van der Waals surface area contributed by atoms with Crippen molar-refractivity contribution in [3.63, 3.8) is 0 Å². The molecule has 0 radical (unpaired) electrons. The summed E-state index contributed by atoms with van der Waals surface area (Å²) >= 11 is 6.06. The Morgan fingerprint density at radius 1 is 1.38 bits per heavy atom. The molecule has 1 aromatic carbocycles. The van der Waals surface area contributed by atoms with Crippen molar-refractivity contribution >= 4 is 33.6 Å². The lowest BCUT2D eigenvalue weighted by molar-refractivity contribution is -0.142. The van der Waals surface area contributed by atoms with Gasteiger partial charge in [0.1, 0.15) is 0 Å². The Kier molecular flexibility index (Phi) is 5.52. The van der Waals surface area contributed by atoms with Crippen molar-refractivity contribution in [2.75, 3.05) is 20.2 Å². The number of hydrogen-bond acceptors (Lipinski definition) is 5. The zero-order valence-electron chi connectivity index (χ0n) is 13.3. The van der Waals surface area contributed by atoms with E-state index in [1.807, 2.05) is 0 Å². The third-order valence-corrected chi connectivity index (χ3v) is 6.45. The van der Waals surface area contributed by atoms with E-state index in [1.54, 1.807) is 0 Å². The molecule has 0 amide bonds. The number of carboxylic acid groups (broad SMARTS) is 1. The molecule has 7 nitrogen and oxygen atoms in total. The summed E-state index contributed by atoms with van der Waals surface area (Å²) in [4.78, 5) is 22.8. The summed E-state index contributed by atoms with van der Waals surface area (Å²) in [6, 6.07) is 2.56. The average Bonchev–Trinajstić information content (AvgIpc) is 2.56. The molecule has 24 heavy (non-hydrogen) atoms. The highest BCUT2D eigenvalue weighted by Gasteiger charge is 2.34. The molecule has 1 aliphatic rings. The van der Waals surface area contributed by atoms with Crippen molar-refractivity contribution < 1.29 is 27.9 Å². The van der Waals surface area contributed by atoms with Crippen molar-refractivity contribution in [2.24, 2.45) is 5.92 Å². The molecule has 0 aromatic heterocycles. The molecule has 1 aliphatic heterocycles. The van der Waals surface area contributed by atoms with Crippen LogP contribution in [0.2, 0.25) is 5.02 Å². The van der Waals surface area contributed by atoms with E-state index in [9.17, 15) is 18.0 Å². The summed E-state index contributed by atoms with van der Waals surface area (Å²) in [6.45, 7) is 1.66. The van der Waals surface area contributed by atoms with E-state index >= 15 is 0 Å². The van der Waals surface area contributed by atoms with Crippen LogP contribution in [0.25, 0.3) is 0 Å². The molecule has 1 unspecified atom stereocenters. The Morgan fingerprint density at radius 3 is 2.62 bits per heavy atom. The van der Waals surface area contributed by atoms with Gasteiger partial charge in [-0.05, 0) is 37.5 Å². The number of carboxylic acids is 1. The van der Waals surface area contributed by atoms with Crippen LogP contribution in [0.1, 0.15) is 28.8 Å². The Balaban J connectivity index is 2.47. The molecule has 0 saturated carbocycles. The highest BCUT2D eigenvalue weighted by molar-refractivity contribution is 7.89. The topological polar surface area (TPSA) is 101 Å². The lowest BCUT2D eigenvalue weighted by Crippen LogP contribution is -2.42. The lowest BCUT2D eigenvalue weighted by Gasteiger charge is -2.30. The number of nitrogens with zero attached hydrogens (tertiary/aromatic N) is 1. The van der Waals surface area contributed by atoms with Gasteiger partial charge in [0.15, 0.2) is 0 Å². The molecule has 0 bridgehead atoms. The number of halogens is 1. The van der Waals surface area contributed by atoms with Crippen molar-refractivity contribution in [2.45, 2.75) is 24.7 Å². The van der Waals surface area contributed by atoms with Gasteiger partial charge >= 0.3 is 11.9 Å². The van der Waals surface area contributed by atoms with Gasteiger partial charge in [0.25, 0.3) is 0 Å². The molecular weight excluding hydrogens is 358 g/mol. The van der Waals surface area contributed by atoms with Crippen LogP contribution in [0.15, 0.2) is 17.0 Å². The smallest absolute Gasteiger partial charge is 0.337 e. The number of ether oxygens (including phenoxy) is 1. The minimum atomic E-state index is -3.97. The number of piperidine rings is 1. The van der Waals surface area contributed by atoms with E-state index in [0.717, 1.165) is 4.31 Å². The number of sulfonamides is 1. The first-order valence-electron chi connectivity index (χ1n) is 7.30. The minimum Gasteiger partial charge on any atom is -0.481 e. The molecule has 0 spiro atoms. The average molecular weight is 376 g/mol. The van der Waals surface area contributed by atoms with Crippen molar-refractivity contribution in [3.8, 4) is 0 Å². The predicted octanol–water partition coefficient (Wildman–Crippen LogP) is 1.92. The Morgan fingerprint density at radius 2 is 2.04 bits per heavy atom. The van der Waals surface area contributed by atoms with E-state index < -0.39 is 27.9 Å². The van der Waals surface area contributed by atoms with E-state index in [2.05, 4.69) is 4.74 Å². The summed E-state index contributed by atoms with van der Waals surface area (Å²) in [6.07, 6.45) is 0.892. The van der Waals surface area contributed by atoms with Gasteiger partial charge in [-0.15, -0.1) is 0 Å². The quantitative estimate of drug-likeness (QED) is 0.807. The fourth-order valence-corrected chi connectivity index (χ4v) is 4.73. The summed E-state index contributed by atoms with van der Waals surface area (Å²) in [5.41, 5.74) is 0.334. The van der Waals surface area contributed by atoms with E-state index in [0.29, 0.717) is 18.4 Å². The Labute approximate surface area is 145 Å². The highest BCUT2D eigenvalue weighted by atomic mass is 35.5. The molecule has 1 saturated heterocycles. The summed E-state index contributed by atoms with van der Waals surface area (Å²) in [7, 11) is -2.78. The molecular formula is C15H18ClNO6S. The largest absolute Gasteiger partial charge is 0.481 e. The van der Waals surface area contributed by atoms with Crippen LogP contribution in [0.4, 0.5) is 0 Å². The first kappa shape index (κ1) is 18.7. The van der Waals surface area contributed by atoms with E-state index in [1.165, 1.54) is 26.2 Å². The predicted molar refractivity (Wildman–Crippen MR) is 86.6 cm³/mol. The molecule has 9 heteroatoms. The van der Waals surface area contributed by atoms with Gasteiger partial charge in [-0.25, -0.2) is 13.2 Å². The molecule has 1 aromatic rings. The van der Waals surface area contributed by atoms with Gasteiger partial charge < -0.3 is 9.84 Å². The monoisotopic (exact) mass is 375 g/mol. The van der Waals surface area contributed by atoms with Crippen LogP contribution in [0, 0.1) is 12.8 Å². The maximum Gasteiger partial charge on any atom is 0.337 e. The fraction of sp³-hybridized carbons (Fsp3) is 0.467. The molecule has 2 rings (SSSR count). The zero-order valence-corrected chi connectivity index (χ0v) is 14.9. The second kappa shape index (κ2) is 7.08. The van der Waals surface area contributed by atoms with Gasteiger partial charge in [-0.2, -0.15) is 4.31 Å². The fourth-order valence-electron chi connectivity index (χ4n) is 2.66. The molecule has 1 atom stereocenters. The highest BCUT2D eigenvalue weighted by Crippen LogP contribution is 2.30. The van der Waals surface area contributed by atoms with E-state index in [-0.39, 0.29) is 28.6 Å². The zero-order chi connectivity index (χ0) is 18.1. The second-order valence-corrected chi connectivity index (χ2v) is 7.93. The van der Waals surface area contributed by atoms with Crippen LogP contribution < -0.4 is 0 Å². The van der Waals surface area contributed by atoms with E-state index in [4.69, 9.17) is 16.7 Å². The van der Waals surface area contributed by atoms with Crippen LogP contribution in [0.5, 0.6) is 0 Å². The number of aliphatic carboxylic acids is 1. The normalized spacial score (nSPS) is 19.0. The number of carbonyl (C=O) groups is 2. The van der Waals surface area contributed by atoms with Crippen molar-refractivity contribution in [3.05, 3.63) is 28.3 Å². The Hall–Kier alpha value is -1.64. The third kappa shape index (κ3) is 3.55. The number of benzene rings is 1. The minimum absolute atomic E-state index is 0.0264. The molecule has 1 fully saturated rings. The summed E-state index contributed by atoms with van der Waals surface area (Å²) in [5, 5.41) is 9.26. The maximum absolute atomic E-state index is 12.9. The van der Waals surface area contributed by atoms with Crippen LogP contribution in [0.3, 0.4) is 0 Å². The molecule has 1 heterocycles. The van der Waals surface area contributed by atoms with Gasteiger partial charge in [0, 0.05) is 18.1 Å².